The highest BCUT2D eigenvalue weighted by Crippen LogP contribution is 2.30. The standard InChI is InChI=1S/C17H23ClN2O3/c1-3-23-17(22)12(2)10-19-16(21)13-8-9-20(11-13)15-7-5-4-6-14(15)18/h4-7,12-13H,3,8-11H2,1-2H3,(H,19,21). The molecule has 2 rings (SSSR count). The van der Waals surface area contributed by atoms with E-state index in [4.69, 9.17) is 16.3 Å². The van der Waals surface area contributed by atoms with Gasteiger partial charge in [0, 0.05) is 19.6 Å². The minimum atomic E-state index is -0.333. The highest BCUT2D eigenvalue weighted by molar-refractivity contribution is 6.33. The summed E-state index contributed by atoms with van der Waals surface area (Å²) < 4.78 is 4.94. The lowest BCUT2D eigenvalue weighted by Gasteiger charge is -2.20. The number of hydrogen-bond donors (Lipinski definition) is 1. The fraction of sp³-hybridized carbons (Fsp3) is 0.529. The Bertz CT molecular complexity index is 565. The van der Waals surface area contributed by atoms with Gasteiger partial charge in [-0.2, -0.15) is 0 Å². The molecular formula is C17H23ClN2O3. The predicted molar refractivity (Wildman–Crippen MR) is 90.6 cm³/mol. The lowest BCUT2D eigenvalue weighted by molar-refractivity contribution is -0.147. The average Bonchev–Trinajstić information content (AvgIpc) is 3.02. The normalized spacial score (nSPS) is 18.6. The number of carbonyl (C=O) groups excluding carboxylic acids is 2. The summed E-state index contributed by atoms with van der Waals surface area (Å²) in [5, 5.41) is 3.55. The summed E-state index contributed by atoms with van der Waals surface area (Å²) >= 11 is 6.21. The lowest BCUT2D eigenvalue weighted by Crippen LogP contribution is -2.37. The first-order valence-corrected chi connectivity index (χ1v) is 8.34. The van der Waals surface area contributed by atoms with Gasteiger partial charge in [-0.3, -0.25) is 9.59 Å². The Morgan fingerprint density at radius 2 is 2.17 bits per heavy atom. The number of esters is 1. The number of ether oxygens (including phenoxy) is 1. The monoisotopic (exact) mass is 338 g/mol. The van der Waals surface area contributed by atoms with Crippen molar-refractivity contribution in [2.75, 3.05) is 31.1 Å². The van der Waals surface area contributed by atoms with Gasteiger partial charge in [-0.1, -0.05) is 30.7 Å². The summed E-state index contributed by atoms with van der Waals surface area (Å²) in [6, 6.07) is 7.65. The molecule has 0 radical (unpaired) electrons. The van der Waals surface area contributed by atoms with Crippen LogP contribution in [-0.2, 0) is 14.3 Å². The van der Waals surface area contributed by atoms with Crippen LogP contribution in [0.5, 0.6) is 0 Å². The summed E-state index contributed by atoms with van der Waals surface area (Å²) in [7, 11) is 0. The maximum Gasteiger partial charge on any atom is 0.310 e. The Morgan fingerprint density at radius 3 is 2.87 bits per heavy atom. The number of hydrogen-bond acceptors (Lipinski definition) is 4. The van der Waals surface area contributed by atoms with E-state index in [1.807, 2.05) is 24.3 Å². The van der Waals surface area contributed by atoms with Gasteiger partial charge in [0.2, 0.25) is 5.91 Å². The van der Waals surface area contributed by atoms with Crippen LogP contribution in [0.4, 0.5) is 5.69 Å². The van der Waals surface area contributed by atoms with Crippen molar-refractivity contribution in [1.82, 2.24) is 5.32 Å². The second-order valence-corrected chi connectivity index (χ2v) is 6.19. The molecule has 0 aliphatic carbocycles. The number of nitrogens with zero attached hydrogens (tertiary/aromatic N) is 1. The van der Waals surface area contributed by atoms with Crippen molar-refractivity contribution in [3.05, 3.63) is 29.3 Å². The number of para-hydroxylation sites is 1. The van der Waals surface area contributed by atoms with Crippen molar-refractivity contribution < 1.29 is 14.3 Å². The third kappa shape index (κ3) is 4.61. The van der Waals surface area contributed by atoms with E-state index in [-0.39, 0.29) is 23.7 Å². The lowest BCUT2D eigenvalue weighted by atomic mass is 10.1. The quantitative estimate of drug-likeness (QED) is 0.810. The zero-order chi connectivity index (χ0) is 16.8. The molecule has 1 aromatic carbocycles. The average molecular weight is 339 g/mol. The Balaban J connectivity index is 1.83. The highest BCUT2D eigenvalue weighted by atomic mass is 35.5. The number of anilines is 1. The zero-order valence-corrected chi connectivity index (χ0v) is 14.3. The summed E-state index contributed by atoms with van der Waals surface area (Å²) in [6.45, 7) is 5.62. The van der Waals surface area contributed by atoms with Crippen LogP contribution in [0.1, 0.15) is 20.3 Å². The number of benzene rings is 1. The summed E-state index contributed by atoms with van der Waals surface area (Å²) in [6.07, 6.45) is 0.783. The highest BCUT2D eigenvalue weighted by Gasteiger charge is 2.29. The van der Waals surface area contributed by atoms with Gasteiger partial charge < -0.3 is 15.0 Å². The van der Waals surface area contributed by atoms with E-state index < -0.39 is 0 Å². The second-order valence-electron chi connectivity index (χ2n) is 5.78. The number of amides is 1. The molecule has 1 aliphatic heterocycles. The molecule has 1 saturated heterocycles. The van der Waals surface area contributed by atoms with Gasteiger partial charge in [-0.05, 0) is 25.5 Å². The van der Waals surface area contributed by atoms with Crippen LogP contribution in [0.3, 0.4) is 0 Å². The number of nitrogens with one attached hydrogen (secondary N) is 1. The first-order valence-electron chi connectivity index (χ1n) is 7.96. The van der Waals surface area contributed by atoms with Crippen molar-refractivity contribution in [1.29, 1.82) is 0 Å². The summed E-state index contributed by atoms with van der Waals surface area (Å²) in [5.74, 6) is -0.715. The molecule has 1 fully saturated rings. The molecule has 126 valence electrons. The van der Waals surface area contributed by atoms with Crippen LogP contribution >= 0.6 is 11.6 Å². The van der Waals surface area contributed by atoms with Crippen LogP contribution in [0.25, 0.3) is 0 Å². The van der Waals surface area contributed by atoms with Crippen molar-refractivity contribution in [3.8, 4) is 0 Å². The number of carbonyl (C=O) groups is 2. The maximum absolute atomic E-state index is 12.3. The molecule has 0 spiro atoms. The van der Waals surface area contributed by atoms with E-state index >= 15 is 0 Å². The van der Waals surface area contributed by atoms with E-state index in [9.17, 15) is 9.59 Å². The van der Waals surface area contributed by atoms with Gasteiger partial charge >= 0.3 is 5.97 Å². The minimum Gasteiger partial charge on any atom is -0.466 e. The van der Waals surface area contributed by atoms with E-state index in [0.29, 0.717) is 24.7 Å². The van der Waals surface area contributed by atoms with Gasteiger partial charge in [0.1, 0.15) is 0 Å². The zero-order valence-electron chi connectivity index (χ0n) is 13.5. The smallest absolute Gasteiger partial charge is 0.310 e. The van der Waals surface area contributed by atoms with E-state index in [1.165, 1.54) is 0 Å². The molecular weight excluding hydrogens is 316 g/mol. The fourth-order valence-electron chi connectivity index (χ4n) is 2.67. The van der Waals surface area contributed by atoms with Gasteiger partial charge in [-0.15, -0.1) is 0 Å². The number of rotatable bonds is 6. The predicted octanol–water partition coefficient (Wildman–Crippen LogP) is 2.48. The molecule has 1 N–H and O–H groups in total. The van der Waals surface area contributed by atoms with Crippen molar-refractivity contribution in [3.63, 3.8) is 0 Å². The topological polar surface area (TPSA) is 58.6 Å². The van der Waals surface area contributed by atoms with Crippen LogP contribution in [0, 0.1) is 11.8 Å². The molecule has 0 saturated carbocycles. The van der Waals surface area contributed by atoms with E-state index in [0.717, 1.165) is 18.7 Å². The molecule has 23 heavy (non-hydrogen) atoms. The van der Waals surface area contributed by atoms with Crippen molar-refractivity contribution >= 4 is 29.2 Å². The van der Waals surface area contributed by atoms with Crippen LogP contribution in [-0.4, -0.2) is 38.1 Å². The Kier molecular flexibility index (Phi) is 6.28. The van der Waals surface area contributed by atoms with E-state index in [1.54, 1.807) is 13.8 Å². The van der Waals surface area contributed by atoms with Gasteiger partial charge in [-0.25, -0.2) is 0 Å². The molecule has 1 heterocycles. The first-order chi connectivity index (χ1) is 11.0. The molecule has 5 nitrogen and oxygen atoms in total. The van der Waals surface area contributed by atoms with Gasteiger partial charge in [0.15, 0.2) is 0 Å². The Labute approximate surface area is 141 Å². The summed E-state index contributed by atoms with van der Waals surface area (Å²) in [4.78, 5) is 26.0. The van der Waals surface area contributed by atoms with Crippen LogP contribution in [0.15, 0.2) is 24.3 Å². The molecule has 0 aromatic heterocycles. The largest absolute Gasteiger partial charge is 0.466 e. The van der Waals surface area contributed by atoms with Crippen molar-refractivity contribution in [2.24, 2.45) is 11.8 Å². The molecule has 1 aromatic rings. The SMILES string of the molecule is CCOC(=O)C(C)CNC(=O)C1CCN(c2ccccc2Cl)C1. The third-order valence-electron chi connectivity index (χ3n) is 4.02. The van der Waals surface area contributed by atoms with Crippen LogP contribution in [0.2, 0.25) is 5.02 Å². The number of halogens is 1. The van der Waals surface area contributed by atoms with Crippen molar-refractivity contribution in [2.45, 2.75) is 20.3 Å². The van der Waals surface area contributed by atoms with Gasteiger partial charge in [0.25, 0.3) is 0 Å². The van der Waals surface area contributed by atoms with Gasteiger partial charge in [0.05, 0.1) is 29.2 Å². The van der Waals surface area contributed by atoms with Crippen LogP contribution < -0.4 is 10.2 Å². The first kappa shape index (κ1) is 17.6. The third-order valence-corrected chi connectivity index (χ3v) is 4.34. The second kappa shape index (κ2) is 8.20. The minimum absolute atomic E-state index is 0.0179. The maximum atomic E-state index is 12.3. The molecule has 6 heteroatoms. The molecule has 2 atom stereocenters. The van der Waals surface area contributed by atoms with E-state index in [2.05, 4.69) is 10.2 Å². The Morgan fingerprint density at radius 1 is 1.43 bits per heavy atom. The molecule has 0 bridgehead atoms. The fourth-order valence-corrected chi connectivity index (χ4v) is 2.92. The molecule has 1 aliphatic rings. The summed E-state index contributed by atoms with van der Waals surface area (Å²) in [5.41, 5.74) is 0.962. The molecule has 1 amide bonds. The Hall–Kier alpha value is -1.75. The molecule has 2 unspecified atom stereocenters.